The largest absolute Gasteiger partial charge is 0.489 e. The van der Waals surface area contributed by atoms with Crippen LogP contribution in [0.5, 0.6) is 5.75 Å². The summed E-state index contributed by atoms with van der Waals surface area (Å²) in [6.07, 6.45) is 0.823. The van der Waals surface area contributed by atoms with E-state index in [1.807, 2.05) is 30.3 Å². The molecule has 0 unspecified atom stereocenters. The molecule has 2 aromatic carbocycles. The number of imide groups is 1. The molecule has 0 atom stereocenters. The number of urea groups is 1. The van der Waals surface area contributed by atoms with E-state index < -0.39 is 11.6 Å². The molecule has 2 heterocycles. The van der Waals surface area contributed by atoms with Gasteiger partial charge in [0.25, 0.3) is 11.8 Å². The third kappa shape index (κ3) is 3.55. The highest BCUT2D eigenvalue weighted by molar-refractivity contribution is 6.07. The minimum Gasteiger partial charge on any atom is -0.489 e. The number of likely N-dealkylation sites (tertiary alicyclic amines) is 1. The normalized spacial score (nSPS) is 17.9. The molecule has 0 aliphatic carbocycles. The molecule has 0 saturated carbocycles. The van der Waals surface area contributed by atoms with Crippen LogP contribution in [-0.2, 0) is 11.4 Å². The number of hydrogen-bond donors (Lipinski definition) is 2. The van der Waals surface area contributed by atoms with Crippen LogP contribution in [-0.4, -0.2) is 41.4 Å². The lowest BCUT2D eigenvalue weighted by Crippen LogP contribution is -2.55. The van der Waals surface area contributed by atoms with Gasteiger partial charge in [0.1, 0.15) is 17.9 Å². The molecule has 2 aromatic rings. The number of nitrogens with one attached hydrogen (secondary N) is 2. The summed E-state index contributed by atoms with van der Waals surface area (Å²) in [5, 5.41) is 4.98. The highest BCUT2D eigenvalue weighted by Crippen LogP contribution is 2.26. The van der Waals surface area contributed by atoms with E-state index in [2.05, 4.69) is 10.6 Å². The Labute approximate surface area is 162 Å². The average Bonchev–Trinajstić information content (AvgIpc) is 3.00. The molecule has 4 rings (SSSR count). The van der Waals surface area contributed by atoms with Crippen molar-refractivity contribution in [3.05, 3.63) is 65.7 Å². The third-order valence-corrected chi connectivity index (χ3v) is 5.27. The van der Waals surface area contributed by atoms with Crippen LogP contribution in [0.1, 0.15) is 28.8 Å². The maximum Gasteiger partial charge on any atom is 0.322 e. The average molecular weight is 379 g/mol. The molecule has 0 aromatic heterocycles. The number of nitrogens with zero attached hydrogens (tertiary/aromatic N) is 1. The van der Waals surface area contributed by atoms with Crippen LogP contribution in [0, 0.1) is 0 Å². The topological polar surface area (TPSA) is 87.7 Å². The van der Waals surface area contributed by atoms with Crippen LogP contribution >= 0.6 is 0 Å². The zero-order chi connectivity index (χ0) is 19.6. The van der Waals surface area contributed by atoms with Crippen LogP contribution < -0.4 is 15.4 Å². The summed E-state index contributed by atoms with van der Waals surface area (Å²) < 4.78 is 5.75. The summed E-state index contributed by atoms with van der Waals surface area (Å²) in [5.41, 5.74) is 0.777. The first kappa shape index (κ1) is 18.0. The molecule has 4 amide bonds. The number of hydrogen-bond acceptors (Lipinski definition) is 4. The highest BCUT2D eigenvalue weighted by Gasteiger charge is 2.48. The van der Waals surface area contributed by atoms with Crippen LogP contribution in [0.2, 0.25) is 0 Å². The molecule has 144 valence electrons. The molecule has 0 radical (unpaired) electrons. The van der Waals surface area contributed by atoms with Gasteiger partial charge in [-0.05, 0) is 42.7 Å². The second-order valence-corrected chi connectivity index (χ2v) is 7.08. The van der Waals surface area contributed by atoms with Gasteiger partial charge in [0.15, 0.2) is 0 Å². The summed E-state index contributed by atoms with van der Waals surface area (Å²) in [6.45, 7) is 1.30. The summed E-state index contributed by atoms with van der Waals surface area (Å²) >= 11 is 0. The van der Waals surface area contributed by atoms with Gasteiger partial charge in [-0.25, -0.2) is 4.79 Å². The molecule has 2 fully saturated rings. The maximum atomic E-state index is 12.7. The number of ether oxygens (including phenoxy) is 1. The Hall–Kier alpha value is -3.35. The molecular formula is C21H21N3O4. The van der Waals surface area contributed by atoms with Crippen LogP contribution in [0.15, 0.2) is 54.6 Å². The van der Waals surface area contributed by atoms with Gasteiger partial charge >= 0.3 is 6.03 Å². The van der Waals surface area contributed by atoms with E-state index >= 15 is 0 Å². The Balaban J connectivity index is 1.34. The molecule has 7 heteroatoms. The van der Waals surface area contributed by atoms with Crippen molar-refractivity contribution in [2.45, 2.75) is 25.0 Å². The maximum absolute atomic E-state index is 12.7. The Morgan fingerprint density at radius 2 is 1.68 bits per heavy atom. The van der Waals surface area contributed by atoms with Gasteiger partial charge < -0.3 is 15.0 Å². The molecule has 0 bridgehead atoms. The van der Waals surface area contributed by atoms with Crippen molar-refractivity contribution >= 4 is 17.8 Å². The van der Waals surface area contributed by atoms with Crippen LogP contribution in [0.3, 0.4) is 0 Å². The van der Waals surface area contributed by atoms with E-state index in [1.165, 1.54) is 0 Å². The lowest BCUT2D eigenvalue weighted by Gasteiger charge is -2.37. The summed E-state index contributed by atoms with van der Waals surface area (Å²) in [7, 11) is 0. The Bertz CT molecular complexity index is 888. The van der Waals surface area contributed by atoms with Gasteiger partial charge in [0.05, 0.1) is 0 Å². The second kappa shape index (κ2) is 7.34. The molecule has 7 nitrogen and oxygen atoms in total. The first-order valence-corrected chi connectivity index (χ1v) is 9.25. The Kier molecular flexibility index (Phi) is 4.73. The van der Waals surface area contributed by atoms with Crippen LogP contribution in [0.4, 0.5) is 4.79 Å². The fourth-order valence-corrected chi connectivity index (χ4v) is 3.59. The third-order valence-electron chi connectivity index (χ3n) is 5.27. The van der Waals surface area contributed by atoms with Crippen molar-refractivity contribution in [3.8, 4) is 5.75 Å². The van der Waals surface area contributed by atoms with Crippen molar-refractivity contribution in [2.75, 3.05) is 13.1 Å². The van der Waals surface area contributed by atoms with E-state index in [0.29, 0.717) is 43.9 Å². The summed E-state index contributed by atoms with van der Waals surface area (Å²) in [5.74, 6) is 0.307. The number of carbonyl (C=O) groups is 3. The zero-order valence-electron chi connectivity index (χ0n) is 15.3. The van der Waals surface area contributed by atoms with E-state index in [4.69, 9.17) is 4.74 Å². The minimum absolute atomic E-state index is 0.0887. The zero-order valence-corrected chi connectivity index (χ0v) is 15.3. The monoisotopic (exact) mass is 379 g/mol. The number of piperidine rings is 1. The predicted molar refractivity (Wildman–Crippen MR) is 102 cm³/mol. The smallest absolute Gasteiger partial charge is 0.322 e. The first-order valence-electron chi connectivity index (χ1n) is 9.25. The van der Waals surface area contributed by atoms with E-state index in [-0.39, 0.29) is 11.8 Å². The van der Waals surface area contributed by atoms with Gasteiger partial charge in [0.2, 0.25) is 0 Å². The molecule has 2 aliphatic rings. The first-order chi connectivity index (χ1) is 13.6. The molecule has 28 heavy (non-hydrogen) atoms. The van der Waals surface area contributed by atoms with Crippen LogP contribution in [0.25, 0.3) is 0 Å². The molecule has 2 N–H and O–H groups in total. The van der Waals surface area contributed by atoms with Crippen molar-refractivity contribution in [3.63, 3.8) is 0 Å². The summed E-state index contributed by atoms with van der Waals surface area (Å²) in [6, 6.07) is 16.5. The van der Waals surface area contributed by atoms with E-state index in [0.717, 1.165) is 5.56 Å². The SMILES string of the molecule is O=C1NC(=O)C2(CCN(C(=O)c3ccc(OCc4ccccc4)cc3)CC2)N1. The van der Waals surface area contributed by atoms with Gasteiger partial charge in [-0.2, -0.15) is 0 Å². The molecule has 1 spiro atoms. The van der Waals surface area contributed by atoms with Crippen molar-refractivity contribution in [1.82, 2.24) is 15.5 Å². The fraction of sp³-hybridized carbons (Fsp3) is 0.286. The van der Waals surface area contributed by atoms with Gasteiger partial charge in [0, 0.05) is 18.7 Å². The lowest BCUT2D eigenvalue weighted by atomic mass is 9.87. The fourth-order valence-electron chi connectivity index (χ4n) is 3.59. The second-order valence-electron chi connectivity index (χ2n) is 7.08. The van der Waals surface area contributed by atoms with Gasteiger partial charge in [-0.3, -0.25) is 14.9 Å². The van der Waals surface area contributed by atoms with Gasteiger partial charge in [-0.1, -0.05) is 30.3 Å². The Morgan fingerprint density at radius 3 is 2.29 bits per heavy atom. The molecule has 2 aliphatic heterocycles. The predicted octanol–water partition coefficient (Wildman–Crippen LogP) is 2.08. The number of carbonyl (C=O) groups excluding carboxylic acids is 3. The number of rotatable bonds is 4. The van der Waals surface area contributed by atoms with Gasteiger partial charge in [-0.15, -0.1) is 0 Å². The lowest BCUT2D eigenvalue weighted by molar-refractivity contribution is -0.125. The minimum atomic E-state index is -0.872. The summed E-state index contributed by atoms with van der Waals surface area (Å²) in [4.78, 5) is 37.8. The molecule has 2 saturated heterocycles. The van der Waals surface area contributed by atoms with E-state index in [1.54, 1.807) is 29.2 Å². The molecular weight excluding hydrogens is 358 g/mol. The highest BCUT2D eigenvalue weighted by atomic mass is 16.5. The number of amides is 4. The van der Waals surface area contributed by atoms with E-state index in [9.17, 15) is 14.4 Å². The van der Waals surface area contributed by atoms with Crippen molar-refractivity contribution in [2.24, 2.45) is 0 Å². The quantitative estimate of drug-likeness (QED) is 0.797. The number of benzene rings is 2. The Morgan fingerprint density at radius 1 is 1.00 bits per heavy atom. The van der Waals surface area contributed by atoms with Crippen molar-refractivity contribution in [1.29, 1.82) is 0 Å². The standard InChI is InChI=1S/C21H21N3O4/c25-18(24-12-10-21(11-13-24)19(26)22-20(27)23-21)16-6-8-17(9-7-16)28-14-15-4-2-1-3-5-15/h1-9H,10-14H2,(H2,22,23,26,27). The van der Waals surface area contributed by atoms with Crippen molar-refractivity contribution < 1.29 is 19.1 Å².